The van der Waals surface area contributed by atoms with Gasteiger partial charge in [-0.3, -0.25) is 0 Å². The quantitative estimate of drug-likeness (QED) is 0.160. The van der Waals surface area contributed by atoms with E-state index in [1.54, 1.807) is 0 Å². The molecule has 0 radical (unpaired) electrons. The van der Waals surface area contributed by atoms with Gasteiger partial charge in [-0.2, -0.15) is 0 Å². The molecule has 0 spiro atoms. The molecule has 0 aliphatic carbocycles. The standard InChI is InChI=1S/C53H37N3/c1-3-19-41(20-4-1)54(49-29-15-18-37-16-7-9-23-43(37)49)36-40-17-8-12-26-48(40)56-51-28-14-11-25-45(51)47-35-39(31-33-53(47)56)38-30-32-52-46(34-38)44-24-10-13-27-50(44)55(52)42-21-5-2-6-22-42/h1-35H,36H2. The van der Waals surface area contributed by atoms with Gasteiger partial charge in [-0.05, 0) is 94.9 Å². The summed E-state index contributed by atoms with van der Waals surface area (Å²) < 4.78 is 4.84. The molecule has 0 saturated carbocycles. The van der Waals surface area contributed by atoms with Crippen LogP contribution in [0.5, 0.6) is 0 Å². The maximum Gasteiger partial charge on any atom is 0.0541 e. The van der Waals surface area contributed by atoms with Crippen LogP contribution in [0.25, 0.3) is 76.9 Å². The van der Waals surface area contributed by atoms with E-state index in [0.717, 1.165) is 5.69 Å². The van der Waals surface area contributed by atoms with E-state index in [9.17, 15) is 0 Å². The highest BCUT2D eigenvalue weighted by Gasteiger charge is 2.20. The van der Waals surface area contributed by atoms with Gasteiger partial charge in [0.25, 0.3) is 0 Å². The van der Waals surface area contributed by atoms with Crippen LogP contribution in [0.1, 0.15) is 5.56 Å². The number of anilines is 2. The average molecular weight is 716 g/mol. The molecule has 0 aliphatic rings. The van der Waals surface area contributed by atoms with Crippen LogP contribution in [0.3, 0.4) is 0 Å². The van der Waals surface area contributed by atoms with Crippen molar-refractivity contribution in [3.8, 4) is 22.5 Å². The van der Waals surface area contributed by atoms with E-state index in [4.69, 9.17) is 0 Å². The Hall–Kier alpha value is -7.36. The lowest BCUT2D eigenvalue weighted by atomic mass is 10.0. The lowest BCUT2D eigenvalue weighted by molar-refractivity contribution is 0.960. The first-order chi connectivity index (χ1) is 27.8. The van der Waals surface area contributed by atoms with E-state index in [0.29, 0.717) is 6.54 Å². The van der Waals surface area contributed by atoms with Crippen molar-refractivity contribution in [3.63, 3.8) is 0 Å². The predicted molar refractivity (Wildman–Crippen MR) is 237 cm³/mol. The van der Waals surface area contributed by atoms with Crippen molar-refractivity contribution in [2.45, 2.75) is 6.54 Å². The SMILES string of the molecule is c1ccc(N(Cc2ccccc2-n2c3ccccc3c3cc(-c4ccc5c(c4)c4ccccc4n5-c4ccccc4)ccc32)c2cccc3ccccc23)cc1. The van der Waals surface area contributed by atoms with Gasteiger partial charge in [0.1, 0.15) is 0 Å². The second kappa shape index (κ2) is 13.2. The molecule has 0 N–H and O–H groups in total. The van der Waals surface area contributed by atoms with E-state index in [2.05, 4.69) is 226 Å². The molecule has 9 aromatic carbocycles. The normalized spacial score (nSPS) is 11.6. The summed E-state index contributed by atoms with van der Waals surface area (Å²) in [6.07, 6.45) is 0. The Labute approximate surface area is 325 Å². The van der Waals surface area contributed by atoms with E-state index >= 15 is 0 Å². The van der Waals surface area contributed by atoms with Crippen molar-refractivity contribution in [2.24, 2.45) is 0 Å². The third-order valence-corrected chi connectivity index (χ3v) is 11.4. The molecule has 0 atom stereocenters. The highest BCUT2D eigenvalue weighted by molar-refractivity contribution is 6.12. The Bertz CT molecular complexity index is 3220. The van der Waals surface area contributed by atoms with Gasteiger partial charge in [0.15, 0.2) is 0 Å². The van der Waals surface area contributed by atoms with Crippen LogP contribution in [0.15, 0.2) is 212 Å². The van der Waals surface area contributed by atoms with Crippen LogP contribution < -0.4 is 4.90 Å². The molecule has 11 aromatic rings. The molecule has 264 valence electrons. The second-order valence-electron chi connectivity index (χ2n) is 14.6. The second-order valence-corrected chi connectivity index (χ2v) is 14.6. The van der Waals surface area contributed by atoms with Crippen LogP contribution in [0.4, 0.5) is 11.4 Å². The molecule has 11 rings (SSSR count). The third kappa shape index (κ3) is 5.20. The summed E-state index contributed by atoms with van der Waals surface area (Å²) in [4.78, 5) is 2.46. The molecule has 0 bridgehead atoms. The van der Waals surface area contributed by atoms with Gasteiger partial charge in [-0.25, -0.2) is 0 Å². The number of benzene rings is 9. The van der Waals surface area contributed by atoms with Gasteiger partial charge < -0.3 is 14.0 Å². The van der Waals surface area contributed by atoms with Gasteiger partial charge in [0, 0.05) is 44.0 Å². The summed E-state index contributed by atoms with van der Waals surface area (Å²) >= 11 is 0. The zero-order valence-corrected chi connectivity index (χ0v) is 30.8. The number of hydrogen-bond donors (Lipinski definition) is 0. The fourth-order valence-corrected chi connectivity index (χ4v) is 8.82. The van der Waals surface area contributed by atoms with Gasteiger partial charge in [0.05, 0.1) is 34.3 Å². The summed E-state index contributed by atoms with van der Waals surface area (Å²) in [5.74, 6) is 0. The lowest BCUT2D eigenvalue weighted by Crippen LogP contribution is -2.18. The molecule has 2 heterocycles. The summed E-state index contributed by atoms with van der Waals surface area (Å²) in [5.41, 5.74) is 13.2. The molecule has 0 saturated heterocycles. The largest absolute Gasteiger partial charge is 0.336 e. The van der Waals surface area contributed by atoms with Crippen molar-refractivity contribution in [1.82, 2.24) is 9.13 Å². The maximum absolute atomic E-state index is 2.47. The molecule has 0 fully saturated rings. The predicted octanol–water partition coefficient (Wildman–Crippen LogP) is 14.0. The number of rotatable bonds is 7. The van der Waals surface area contributed by atoms with Crippen molar-refractivity contribution < 1.29 is 0 Å². The van der Waals surface area contributed by atoms with E-state index in [1.165, 1.54) is 88.1 Å². The Morgan fingerprint density at radius 3 is 1.59 bits per heavy atom. The minimum atomic E-state index is 0.705. The first-order valence-electron chi connectivity index (χ1n) is 19.3. The van der Waals surface area contributed by atoms with Crippen LogP contribution in [0.2, 0.25) is 0 Å². The highest BCUT2D eigenvalue weighted by Crippen LogP contribution is 2.40. The molecule has 56 heavy (non-hydrogen) atoms. The molecule has 3 heteroatoms. The summed E-state index contributed by atoms with van der Waals surface area (Å²) in [6, 6.07) is 77.2. The van der Waals surface area contributed by atoms with Crippen molar-refractivity contribution in [2.75, 3.05) is 4.90 Å². The fraction of sp³-hybridized carbons (Fsp3) is 0.0189. The number of fused-ring (bicyclic) bond motifs is 7. The average Bonchev–Trinajstić information content (AvgIpc) is 3.78. The minimum Gasteiger partial charge on any atom is -0.336 e. The molecule has 0 aliphatic heterocycles. The van der Waals surface area contributed by atoms with Gasteiger partial charge in [-0.1, -0.05) is 140 Å². The Morgan fingerprint density at radius 2 is 0.875 bits per heavy atom. The van der Waals surface area contributed by atoms with Crippen LogP contribution in [-0.4, -0.2) is 9.13 Å². The number of nitrogens with zero attached hydrogens (tertiary/aromatic N) is 3. The minimum absolute atomic E-state index is 0.705. The maximum atomic E-state index is 2.47. The molecular formula is C53H37N3. The molecule has 3 nitrogen and oxygen atoms in total. The number of para-hydroxylation sites is 5. The van der Waals surface area contributed by atoms with Crippen molar-refractivity contribution in [1.29, 1.82) is 0 Å². The van der Waals surface area contributed by atoms with E-state index in [1.807, 2.05) is 0 Å². The molecule has 2 aromatic heterocycles. The van der Waals surface area contributed by atoms with Crippen molar-refractivity contribution >= 4 is 65.8 Å². The number of hydrogen-bond acceptors (Lipinski definition) is 1. The zero-order chi connectivity index (χ0) is 37.0. The van der Waals surface area contributed by atoms with E-state index in [-0.39, 0.29) is 0 Å². The van der Waals surface area contributed by atoms with Crippen LogP contribution in [0, 0.1) is 0 Å². The summed E-state index contributed by atoms with van der Waals surface area (Å²) in [6.45, 7) is 0.705. The van der Waals surface area contributed by atoms with Crippen LogP contribution >= 0.6 is 0 Å². The summed E-state index contributed by atoms with van der Waals surface area (Å²) in [7, 11) is 0. The monoisotopic (exact) mass is 715 g/mol. The van der Waals surface area contributed by atoms with E-state index < -0.39 is 0 Å². The number of aromatic nitrogens is 2. The fourth-order valence-electron chi connectivity index (χ4n) is 8.82. The zero-order valence-electron chi connectivity index (χ0n) is 30.8. The Kier molecular flexibility index (Phi) is 7.56. The van der Waals surface area contributed by atoms with Gasteiger partial charge >= 0.3 is 0 Å². The third-order valence-electron chi connectivity index (χ3n) is 11.4. The van der Waals surface area contributed by atoms with Gasteiger partial charge in [-0.15, -0.1) is 0 Å². The first kappa shape index (κ1) is 32.1. The Balaban J connectivity index is 1.06. The Morgan fingerprint density at radius 1 is 0.357 bits per heavy atom. The first-order valence-corrected chi connectivity index (χ1v) is 19.3. The smallest absolute Gasteiger partial charge is 0.0541 e. The molecule has 0 amide bonds. The van der Waals surface area contributed by atoms with Crippen LogP contribution in [-0.2, 0) is 6.54 Å². The lowest BCUT2D eigenvalue weighted by Gasteiger charge is -2.28. The topological polar surface area (TPSA) is 13.1 Å². The van der Waals surface area contributed by atoms with Gasteiger partial charge in [0.2, 0.25) is 0 Å². The van der Waals surface area contributed by atoms with Crippen molar-refractivity contribution in [3.05, 3.63) is 218 Å². The summed E-state index contributed by atoms with van der Waals surface area (Å²) in [5, 5.41) is 7.48. The molecular weight excluding hydrogens is 679 g/mol. The highest BCUT2D eigenvalue weighted by atomic mass is 15.1. The molecule has 0 unspecified atom stereocenters.